The molecule has 17 heavy (non-hydrogen) atoms. The van der Waals surface area contributed by atoms with E-state index in [1.165, 1.54) is 0 Å². The number of aldehydes is 1. The molecule has 0 amide bonds. The van der Waals surface area contributed by atoms with Crippen LogP contribution in [0.15, 0.2) is 12.3 Å². The predicted octanol–water partition coefficient (Wildman–Crippen LogP) is 1.64. The summed E-state index contributed by atoms with van der Waals surface area (Å²) >= 11 is 0. The molecule has 5 heteroatoms. The third-order valence-electron chi connectivity index (χ3n) is 3.08. The Balaban J connectivity index is 2.32. The molecule has 5 nitrogen and oxygen atoms in total. The van der Waals surface area contributed by atoms with Gasteiger partial charge in [-0.2, -0.15) is 0 Å². The normalized spacial score (nSPS) is 15.2. The second-order valence-corrected chi connectivity index (χ2v) is 4.59. The average molecular weight is 230 g/mol. The first kappa shape index (κ1) is 10.3. The Morgan fingerprint density at radius 3 is 2.82 bits per heavy atom. The number of anilines is 1. The van der Waals surface area contributed by atoms with E-state index in [2.05, 4.69) is 9.97 Å². The minimum atomic E-state index is 0.408. The number of hydrogen-bond acceptors (Lipinski definition) is 4. The predicted molar refractivity (Wildman–Crippen MR) is 65.5 cm³/mol. The van der Waals surface area contributed by atoms with Crippen molar-refractivity contribution in [2.45, 2.75) is 18.9 Å². The maximum Gasteiger partial charge on any atom is 0.185 e. The first-order valence-electron chi connectivity index (χ1n) is 5.72. The zero-order chi connectivity index (χ0) is 12.0. The van der Waals surface area contributed by atoms with Gasteiger partial charge in [0.1, 0.15) is 5.52 Å². The molecular formula is C12H14N4O. The SMILES string of the molecule is CN(C)c1ccnc2c1nc(C=O)n2C1CC1. The van der Waals surface area contributed by atoms with Crippen molar-refractivity contribution in [2.75, 3.05) is 19.0 Å². The van der Waals surface area contributed by atoms with Gasteiger partial charge in [0.2, 0.25) is 0 Å². The minimum absolute atomic E-state index is 0.408. The Hall–Kier alpha value is -1.91. The van der Waals surface area contributed by atoms with Crippen LogP contribution in [0.25, 0.3) is 11.2 Å². The molecule has 0 atom stereocenters. The smallest absolute Gasteiger partial charge is 0.185 e. The van der Waals surface area contributed by atoms with Gasteiger partial charge >= 0.3 is 0 Å². The second kappa shape index (κ2) is 3.55. The molecule has 2 aromatic heterocycles. The summed E-state index contributed by atoms with van der Waals surface area (Å²) in [5.41, 5.74) is 2.63. The van der Waals surface area contributed by atoms with E-state index in [-0.39, 0.29) is 0 Å². The molecule has 0 spiro atoms. The molecule has 1 fully saturated rings. The number of imidazole rings is 1. The lowest BCUT2D eigenvalue weighted by molar-refractivity contribution is 0.111. The Morgan fingerprint density at radius 1 is 1.47 bits per heavy atom. The fraction of sp³-hybridized carbons (Fsp3) is 0.417. The van der Waals surface area contributed by atoms with Crippen molar-refractivity contribution in [2.24, 2.45) is 0 Å². The van der Waals surface area contributed by atoms with E-state index in [9.17, 15) is 4.79 Å². The van der Waals surface area contributed by atoms with Gasteiger partial charge in [-0.15, -0.1) is 0 Å². The van der Waals surface area contributed by atoms with Crippen LogP contribution in [0, 0.1) is 0 Å². The molecule has 88 valence electrons. The van der Waals surface area contributed by atoms with Gasteiger partial charge in [0.05, 0.1) is 5.69 Å². The van der Waals surface area contributed by atoms with E-state index in [4.69, 9.17) is 0 Å². The molecule has 0 N–H and O–H groups in total. The van der Waals surface area contributed by atoms with Crippen molar-refractivity contribution < 1.29 is 4.79 Å². The number of carbonyl (C=O) groups is 1. The number of aromatic nitrogens is 3. The topological polar surface area (TPSA) is 51.0 Å². The summed E-state index contributed by atoms with van der Waals surface area (Å²) in [6.07, 6.45) is 4.81. The van der Waals surface area contributed by atoms with Gasteiger partial charge in [0.25, 0.3) is 0 Å². The minimum Gasteiger partial charge on any atom is -0.376 e. The van der Waals surface area contributed by atoms with Crippen molar-refractivity contribution in [3.8, 4) is 0 Å². The van der Waals surface area contributed by atoms with Crippen LogP contribution in [0.4, 0.5) is 5.69 Å². The third kappa shape index (κ3) is 1.50. The number of rotatable bonds is 3. The molecule has 0 radical (unpaired) electrons. The summed E-state index contributed by atoms with van der Waals surface area (Å²) in [4.78, 5) is 21.8. The van der Waals surface area contributed by atoms with Crippen molar-refractivity contribution >= 4 is 23.1 Å². The lowest BCUT2D eigenvalue weighted by Gasteiger charge is -2.12. The first-order chi connectivity index (χ1) is 8.22. The molecule has 2 aromatic rings. The van der Waals surface area contributed by atoms with Gasteiger partial charge in [-0.1, -0.05) is 0 Å². The van der Waals surface area contributed by atoms with Crippen molar-refractivity contribution in [1.29, 1.82) is 0 Å². The van der Waals surface area contributed by atoms with Gasteiger partial charge in [-0.3, -0.25) is 4.79 Å². The highest BCUT2D eigenvalue weighted by molar-refractivity contribution is 5.90. The Morgan fingerprint density at radius 2 is 2.24 bits per heavy atom. The van der Waals surface area contributed by atoms with E-state index < -0.39 is 0 Å². The fourth-order valence-corrected chi connectivity index (χ4v) is 2.13. The summed E-state index contributed by atoms with van der Waals surface area (Å²) in [6.45, 7) is 0. The van der Waals surface area contributed by atoms with Crippen LogP contribution in [0.3, 0.4) is 0 Å². The molecule has 0 aliphatic heterocycles. The van der Waals surface area contributed by atoms with Gasteiger partial charge in [0.15, 0.2) is 17.8 Å². The molecule has 1 saturated carbocycles. The lowest BCUT2D eigenvalue weighted by atomic mass is 10.3. The zero-order valence-electron chi connectivity index (χ0n) is 9.92. The van der Waals surface area contributed by atoms with E-state index in [1.54, 1.807) is 6.20 Å². The van der Waals surface area contributed by atoms with Crippen molar-refractivity contribution in [1.82, 2.24) is 14.5 Å². The van der Waals surface area contributed by atoms with Crippen LogP contribution in [-0.4, -0.2) is 34.9 Å². The number of hydrogen-bond donors (Lipinski definition) is 0. The van der Waals surface area contributed by atoms with Crippen LogP contribution in [-0.2, 0) is 0 Å². The lowest BCUT2D eigenvalue weighted by Crippen LogP contribution is -2.09. The molecule has 1 aliphatic carbocycles. The van der Waals surface area contributed by atoms with Gasteiger partial charge in [-0.25, -0.2) is 9.97 Å². The molecule has 0 bridgehead atoms. The van der Waals surface area contributed by atoms with Crippen LogP contribution in [0.2, 0.25) is 0 Å². The maximum absolute atomic E-state index is 11.1. The molecule has 0 saturated heterocycles. The summed E-state index contributed by atoms with van der Waals surface area (Å²) < 4.78 is 1.97. The highest BCUT2D eigenvalue weighted by Crippen LogP contribution is 2.38. The monoisotopic (exact) mass is 230 g/mol. The number of fused-ring (bicyclic) bond motifs is 1. The van der Waals surface area contributed by atoms with Crippen molar-refractivity contribution in [3.05, 3.63) is 18.1 Å². The Kier molecular flexibility index (Phi) is 2.14. The highest BCUT2D eigenvalue weighted by Gasteiger charge is 2.29. The summed E-state index contributed by atoms with van der Waals surface area (Å²) in [7, 11) is 3.93. The molecular weight excluding hydrogens is 216 g/mol. The van der Waals surface area contributed by atoms with Crippen molar-refractivity contribution in [3.63, 3.8) is 0 Å². The summed E-state index contributed by atoms with van der Waals surface area (Å²) in [5, 5.41) is 0. The van der Waals surface area contributed by atoms with Gasteiger partial charge < -0.3 is 9.47 Å². The molecule has 0 aromatic carbocycles. The standard InChI is InChI=1S/C12H14N4O/c1-15(2)9-5-6-13-12-11(9)14-10(7-17)16(12)8-3-4-8/h5-8H,3-4H2,1-2H3. The molecule has 1 aliphatic rings. The van der Waals surface area contributed by atoms with Crippen LogP contribution < -0.4 is 4.90 Å². The van der Waals surface area contributed by atoms with Crippen LogP contribution in [0.1, 0.15) is 29.5 Å². The van der Waals surface area contributed by atoms with E-state index in [0.29, 0.717) is 11.9 Å². The Labute approximate surface area is 99.1 Å². The summed E-state index contributed by atoms with van der Waals surface area (Å²) in [5.74, 6) is 0.490. The van der Waals surface area contributed by atoms with Crippen LogP contribution >= 0.6 is 0 Å². The molecule has 2 heterocycles. The number of nitrogens with zero attached hydrogens (tertiary/aromatic N) is 4. The second-order valence-electron chi connectivity index (χ2n) is 4.59. The first-order valence-corrected chi connectivity index (χ1v) is 5.72. The maximum atomic E-state index is 11.1. The van der Waals surface area contributed by atoms with Crippen LogP contribution in [0.5, 0.6) is 0 Å². The third-order valence-corrected chi connectivity index (χ3v) is 3.08. The zero-order valence-corrected chi connectivity index (χ0v) is 9.92. The quantitative estimate of drug-likeness (QED) is 0.752. The largest absolute Gasteiger partial charge is 0.376 e. The molecule has 0 unspecified atom stereocenters. The van der Waals surface area contributed by atoms with Gasteiger partial charge in [-0.05, 0) is 18.9 Å². The van der Waals surface area contributed by atoms with Gasteiger partial charge in [0, 0.05) is 26.3 Å². The van der Waals surface area contributed by atoms with E-state index >= 15 is 0 Å². The van der Waals surface area contributed by atoms with E-state index in [0.717, 1.165) is 36.0 Å². The number of pyridine rings is 1. The highest BCUT2D eigenvalue weighted by atomic mass is 16.1. The molecule has 3 rings (SSSR count). The Bertz CT molecular complexity index is 583. The average Bonchev–Trinajstić information content (AvgIpc) is 3.08. The number of carbonyl (C=O) groups excluding carboxylic acids is 1. The van der Waals surface area contributed by atoms with E-state index in [1.807, 2.05) is 29.6 Å². The fourth-order valence-electron chi connectivity index (χ4n) is 2.13. The summed E-state index contributed by atoms with van der Waals surface area (Å²) in [6, 6.07) is 2.33.